The number of hydrogen-bond donors (Lipinski definition) is 1. The quantitative estimate of drug-likeness (QED) is 0.758. The Labute approximate surface area is 96.4 Å². The Bertz CT molecular complexity index is 331. The fourth-order valence-electron chi connectivity index (χ4n) is 1.59. The maximum absolute atomic E-state index is 10.1. The van der Waals surface area contributed by atoms with Gasteiger partial charge >= 0.3 is 0 Å². The molecule has 0 heterocycles. The summed E-state index contributed by atoms with van der Waals surface area (Å²) in [6, 6.07) is 7.61. The Hall–Kier alpha value is -0.790. The molecule has 0 amide bonds. The zero-order chi connectivity index (χ0) is 11.3. The number of rotatable bonds is 5. The normalized spacial score (nSPS) is 14.6. The van der Waals surface area contributed by atoms with Crippen LogP contribution in [0.2, 0.25) is 5.02 Å². The predicted molar refractivity (Wildman–Crippen MR) is 65.2 cm³/mol. The minimum atomic E-state index is -0.682. The topological polar surface area (TPSA) is 20.2 Å². The molecule has 0 fully saturated rings. The third-order valence-electron chi connectivity index (χ3n) is 2.36. The van der Waals surface area contributed by atoms with Crippen LogP contribution in [0.1, 0.15) is 25.3 Å². The van der Waals surface area contributed by atoms with Gasteiger partial charge in [-0.25, -0.2) is 0 Å². The SMILES string of the molecule is C=CCCC(C)(O)Cc1cccc(Cl)c1. The smallest absolute Gasteiger partial charge is 0.0662 e. The summed E-state index contributed by atoms with van der Waals surface area (Å²) in [5, 5.41) is 10.8. The Balaban J connectivity index is 2.63. The van der Waals surface area contributed by atoms with Gasteiger partial charge in [0.25, 0.3) is 0 Å². The molecule has 1 aromatic carbocycles. The lowest BCUT2D eigenvalue weighted by atomic mass is 9.92. The lowest BCUT2D eigenvalue weighted by molar-refractivity contribution is 0.0523. The van der Waals surface area contributed by atoms with Gasteiger partial charge in [0, 0.05) is 11.4 Å². The van der Waals surface area contributed by atoms with Crippen molar-refractivity contribution in [2.45, 2.75) is 31.8 Å². The van der Waals surface area contributed by atoms with E-state index < -0.39 is 5.60 Å². The highest BCUT2D eigenvalue weighted by Crippen LogP contribution is 2.20. The van der Waals surface area contributed by atoms with Crippen LogP contribution in [-0.4, -0.2) is 10.7 Å². The van der Waals surface area contributed by atoms with Gasteiger partial charge in [0.15, 0.2) is 0 Å². The monoisotopic (exact) mass is 224 g/mol. The first-order valence-corrected chi connectivity index (χ1v) is 5.49. The van der Waals surface area contributed by atoms with Crippen LogP contribution in [0.15, 0.2) is 36.9 Å². The number of allylic oxidation sites excluding steroid dienone is 1. The number of hydrogen-bond acceptors (Lipinski definition) is 1. The van der Waals surface area contributed by atoms with Gasteiger partial charge in [0.2, 0.25) is 0 Å². The second kappa shape index (κ2) is 5.34. The van der Waals surface area contributed by atoms with E-state index in [-0.39, 0.29) is 0 Å². The summed E-state index contributed by atoms with van der Waals surface area (Å²) in [7, 11) is 0. The predicted octanol–water partition coefficient (Wildman–Crippen LogP) is 3.60. The van der Waals surface area contributed by atoms with E-state index in [1.165, 1.54) is 0 Å². The average Bonchev–Trinajstić information content (AvgIpc) is 2.14. The summed E-state index contributed by atoms with van der Waals surface area (Å²) in [6.07, 6.45) is 4.00. The highest BCUT2D eigenvalue weighted by atomic mass is 35.5. The van der Waals surface area contributed by atoms with Crippen molar-refractivity contribution in [2.75, 3.05) is 0 Å². The van der Waals surface area contributed by atoms with Crippen LogP contribution in [0.25, 0.3) is 0 Å². The maximum Gasteiger partial charge on any atom is 0.0662 e. The molecule has 0 radical (unpaired) electrons. The van der Waals surface area contributed by atoms with Gasteiger partial charge in [0.05, 0.1) is 5.60 Å². The summed E-state index contributed by atoms with van der Waals surface area (Å²) in [5.41, 5.74) is 0.385. The molecule has 1 nitrogen and oxygen atoms in total. The van der Waals surface area contributed by atoms with Crippen molar-refractivity contribution in [3.8, 4) is 0 Å². The molecule has 1 N–H and O–H groups in total. The Morgan fingerprint density at radius 1 is 1.53 bits per heavy atom. The van der Waals surface area contributed by atoms with Crippen molar-refractivity contribution in [2.24, 2.45) is 0 Å². The van der Waals surface area contributed by atoms with Gasteiger partial charge in [-0.2, -0.15) is 0 Å². The van der Waals surface area contributed by atoms with Crippen LogP contribution in [0.5, 0.6) is 0 Å². The summed E-state index contributed by atoms with van der Waals surface area (Å²) in [5.74, 6) is 0. The first kappa shape index (κ1) is 12.3. The van der Waals surface area contributed by atoms with Crippen molar-refractivity contribution >= 4 is 11.6 Å². The summed E-state index contributed by atoms with van der Waals surface area (Å²) in [4.78, 5) is 0. The molecule has 0 saturated heterocycles. The van der Waals surface area contributed by atoms with Crippen LogP contribution >= 0.6 is 11.6 Å². The van der Waals surface area contributed by atoms with Crippen molar-refractivity contribution in [1.82, 2.24) is 0 Å². The molecule has 1 unspecified atom stereocenters. The minimum absolute atomic E-state index is 0.626. The van der Waals surface area contributed by atoms with Gasteiger partial charge in [0.1, 0.15) is 0 Å². The lowest BCUT2D eigenvalue weighted by Gasteiger charge is -2.22. The van der Waals surface area contributed by atoms with E-state index in [0.29, 0.717) is 11.4 Å². The molecule has 0 aliphatic heterocycles. The van der Waals surface area contributed by atoms with Crippen molar-refractivity contribution in [3.63, 3.8) is 0 Å². The lowest BCUT2D eigenvalue weighted by Crippen LogP contribution is -2.26. The van der Waals surface area contributed by atoms with Crippen molar-refractivity contribution < 1.29 is 5.11 Å². The zero-order valence-corrected chi connectivity index (χ0v) is 9.80. The fourth-order valence-corrected chi connectivity index (χ4v) is 1.80. The number of aliphatic hydroxyl groups is 1. The standard InChI is InChI=1S/C13H17ClO/c1-3-4-8-13(2,15)10-11-6-5-7-12(14)9-11/h3,5-7,9,15H,1,4,8,10H2,2H3. The van der Waals surface area contributed by atoms with E-state index >= 15 is 0 Å². The molecule has 1 rings (SSSR count). The minimum Gasteiger partial charge on any atom is -0.390 e. The van der Waals surface area contributed by atoms with E-state index in [2.05, 4.69) is 6.58 Å². The van der Waals surface area contributed by atoms with E-state index in [0.717, 1.165) is 18.4 Å². The molecular formula is C13H17ClO. The Morgan fingerprint density at radius 3 is 2.87 bits per heavy atom. The van der Waals surface area contributed by atoms with Crippen molar-refractivity contribution in [1.29, 1.82) is 0 Å². The van der Waals surface area contributed by atoms with Gasteiger partial charge < -0.3 is 5.11 Å². The molecular weight excluding hydrogens is 208 g/mol. The molecule has 15 heavy (non-hydrogen) atoms. The summed E-state index contributed by atoms with van der Waals surface area (Å²) < 4.78 is 0. The number of halogens is 1. The van der Waals surface area contributed by atoms with E-state index in [4.69, 9.17) is 11.6 Å². The molecule has 0 saturated carbocycles. The molecule has 1 atom stereocenters. The van der Waals surface area contributed by atoms with Crippen LogP contribution in [0.3, 0.4) is 0 Å². The second-order valence-corrected chi connectivity index (χ2v) is 4.57. The largest absolute Gasteiger partial charge is 0.390 e. The van der Waals surface area contributed by atoms with Gasteiger partial charge in [-0.3, -0.25) is 0 Å². The number of benzene rings is 1. The van der Waals surface area contributed by atoms with Gasteiger partial charge in [-0.15, -0.1) is 6.58 Å². The molecule has 0 aromatic heterocycles. The highest BCUT2D eigenvalue weighted by molar-refractivity contribution is 6.30. The van der Waals surface area contributed by atoms with E-state index in [9.17, 15) is 5.11 Å². The first-order valence-electron chi connectivity index (χ1n) is 5.11. The molecule has 0 aliphatic rings. The van der Waals surface area contributed by atoms with Gasteiger partial charge in [-0.05, 0) is 37.5 Å². The zero-order valence-electron chi connectivity index (χ0n) is 9.04. The summed E-state index contributed by atoms with van der Waals surface area (Å²) >= 11 is 5.88. The van der Waals surface area contributed by atoms with Crippen LogP contribution in [0, 0.1) is 0 Å². The van der Waals surface area contributed by atoms with Gasteiger partial charge in [-0.1, -0.05) is 29.8 Å². The van der Waals surface area contributed by atoms with E-state index in [1.54, 1.807) is 0 Å². The molecule has 0 bridgehead atoms. The summed E-state index contributed by atoms with van der Waals surface area (Å²) in [6.45, 7) is 5.50. The second-order valence-electron chi connectivity index (χ2n) is 4.13. The van der Waals surface area contributed by atoms with Crippen LogP contribution < -0.4 is 0 Å². The van der Waals surface area contributed by atoms with Crippen LogP contribution in [0.4, 0.5) is 0 Å². The van der Waals surface area contributed by atoms with Crippen molar-refractivity contribution in [3.05, 3.63) is 47.5 Å². The Kier molecular flexibility index (Phi) is 4.37. The highest BCUT2D eigenvalue weighted by Gasteiger charge is 2.19. The maximum atomic E-state index is 10.1. The molecule has 82 valence electrons. The van der Waals surface area contributed by atoms with Crippen LogP contribution in [-0.2, 0) is 6.42 Å². The Morgan fingerprint density at radius 2 is 2.27 bits per heavy atom. The molecule has 0 aliphatic carbocycles. The fraction of sp³-hybridized carbons (Fsp3) is 0.385. The third kappa shape index (κ3) is 4.50. The molecule has 0 spiro atoms. The molecule has 2 heteroatoms. The third-order valence-corrected chi connectivity index (χ3v) is 2.60. The van der Waals surface area contributed by atoms with E-state index in [1.807, 2.05) is 37.3 Å². The molecule has 1 aromatic rings. The average molecular weight is 225 g/mol. The first-order chi connectivity index (χ1) is 7.03.